The van der Waals surface area contributed by atoms with E-state index in [0.717, 1.165) is 216 Å². The van der Waals surface area contributed by atoms with Crippen molar-refractivity contribution in [1.82, 2.24) is 0 Å². The summed E-state index contributed by atoms with van der Waals surface area (Å²) in [5.74, 6) is -0.718. The van der Waals surface area contributed by atoms with E-state index < -0.39 is 35.8 Å². The molecule has 0 aromatic heterocycles. The Kier molecular flexibility index (Phi) is 41.4. The fraction of sp³-hybridized carbons (Fsp3) is 0.531. The largest absolute Gasteiger partial charge is 0.493 e. The lowest BCUT2D eigenvalue weighted by Crippen LogP contribution is -2.12. The van der Waals surface area contributed by atoms with E-state index >= 15 is 0 Å². The third-order valence-corrected chi connectivity index (χ3v) is 16.4. The van der Waals surface area contributed by atoms with Crippen LogP contribution in [0.2, 0.25) is 0 Å². The van der Waals surface area contributed by atoms with Crippen molar-refractivity contribution in [2.75, 3.05) is 67.1 Å². The SMILES string of the molecule is C=CC(=O)OCCCOc1c(CC)cc(CCCCCC)cc1Cc1cc(CCCCCC)cc(Cc2cc(CCCCCC)cc(Cc3cc(CCCCCC)ccc3OCCCOC(=O)/C=C\C(=O)OC)c2OCCCOC(=O)C=C)c1OCCCOC(=O)/C=C\C(=O)OC. The monoisotopic (exact) mass is 1340 g/mol. The lowest BCUT2D eigenvalue weighted by molar-refractivity contribution is -0.139. The van der Waals surface area contributed by atoms with Crippen LogP contribution in [-0.4, -0.2) is 103 Å². The maximum absolute atomic E-state index is 12.8. The number of esters is 6. The molecule has 0 unspecified atom stereocenters. The third-order valence-electron chi connectivity index (χ3n) is 16.4. The van der Waals surface area contributed by atoms with Gasteiger partial charge in [-0.2, -0.15) is 0 Å². The van der Waals surface area contributed by atoms with Gasteiger partial charge in [0.05, 0.1) is 67.1 Å². The van der Waals surface area contributed by atoms with Gasteiger partial charge < -0.3 is 47.4 Å². The summed E-state index contributed by atoms with van der Waals surface area (Å²) in [5, 5.41) is 0. The lowest BCUT2D eigenvalue weighted by atomic mass is 9.89. The fourth-order valence-electron chi connectivity index (χ4n) is 11.3. The number of benzene rings is 4. The van der Waals surface area contributed by atoms with Crippen LogP contribution in [0, 0.1) is 0 Å². The van der Waals surface area contributed by atoms with Crippen LogP contribution in [0.5, 0.6) is 23.0 Å². The molecule has 0 bridgehead atoms. The van der Waals surface area contributed by atoms with Crippen LogP contribution in [-0.2, 0) is 109 Å². The van der Waals surface area contributed by atoms with E-state index in [0.29, 0.717) is 68.8 Å². The number of ether oxygens (including phenoxy) is 10. The van der Waals surface area contributed by atoms with E-state index in [1.54, 1.807) is 0 Å². The van der Waals surface area contributed by atoms with Crippen molar-refractivity contribution in [2.45, 2.75) is 214 Å². The predicted molar refractivity (Wildman–Crippen MR) is 382 cm³/mol. The molecule has 0 amide bonds. The molecule has 0 saturated carbocycles. The van der Waals surface area contributed by atoms with E-state index in [1.165, 1.54) is 36.5 Å². The number of methoxy groups -OCH3 is 2. The summed E-state index contributed by atoms with van der Waals surface area (Å²) in [7, 11) is 2.48. The fourth-order valence-corrected chi connectivity index (χ4v) is 11.3. The predicted octanol–water partition coefficient (Wildman–Crippen LogP) is 16.6. The highest BCUT2D eigenvalue weighted by molar-refractivity contribution is 5.92. The van der Waals surface area contributed by atoms with Gasteiger partial charge in [0.2, 0.25) is 0 Å². The number of carbonyl (C=O) groups excluding carboxylic acids is 6. The van der Waals surface area contributed by atoms with Gasteiger partial charge in [-0.25, -0.2) is 28.8 Å². The summed E-state index contributed by atoms with van der Waals surface area (Å²) < 4.78 is 58.7. The third kappa shape index (κ3) is 32.6. The number of unbranched alkanes of at least 4 members (excludes halogenated alkanes) is 12. The highest BCUT2D eigenvalue weighted by Gasteiger charge is 2.23. The molecule has 4 aromatic rings. The summed E-state index contributed by atoms with van der Waals surface area (Å²) in [6.45, 7) is 19.6. The average molecular weight is 1340 g/mol. The molecule has 0 spiro atoms. The van der Waals surface area contributed by atoms with Crippen LogP contribution in [0.1, 0.15) is 224 Å². The molecule has 0 fully saturated rings. The van der Waals surface area contributed by atoms with Crippen molar-refractivity contribution in [1.29, 1.82) is 0 Å². The standard InChI is InChI=1S/C81H112O16/c1-10-17-21-25-33-61-37-38-72(90-43-29-46-93-77(86)41-39-75(84)88-8)66(51-61)58-67-54-63(35-27-23-19-12-3)55-70(80(67)96-49-31-45-92-74(83)16-7)60-71-57-64(36-28-24-20-13-4)56-69(81(71)97-50-32-47-94-78(87)42-40-76(85)89-9)59-68-53-62(34-26-22-18-11-2)52-65(14-5)79(68)95-48-30-44-91-73(82)15-6/h15-16,37-42,51-57H,6-7,10-14,17-36,43-50,58-60H2,1-5,8-9H3/b41-39-,42-40-. The Morgan fingerprint density at radius 3 is 0.959 bits per heavy atom. The second-order valence-electron chi connectivity index (χ2n) is 24.4. The molecule has 0 aliphatic heterocycles. The molecule has 4 aromatic carbocycles. The first-order valence-electron chi connectivity index (χ1n) is 35.7. The molecule has 16 heteroatoms. The van der Waals surface area contributed by atoms with Crippen molar-refractivity contribution >= 4 is 35.8 Å². The van der Waals surface area contributed by atoms with E-state index in [2.05, 4.69) is 106 Å². The van der Waals surface area contributed by atoms with Crippen molar-refractivity contribution in [3.8, 4) is 23.0 Å². The number of rotatable bonds is 53. The van der Waals surface area contributed by atoms with E-state index in [-0.39, 0.29) is 46.2 Å². The molecule has 0 aliphatic rings. The molecule has 16 nitrogen and oxygen atoms in total. The zero-order valence-electron chi connectivity index (χ0n) is 59.6. The summed E-state index contributed by atoms with van der Waals surface area (Å²) in [5.41, 5.74) is 11.7. The number of carbonyl (C=O) groups is 6. The van der Waals surface area contributed by atoms with Crippen molar-refractivity contribution < 1.29 is 76.1 Å². The molecule has 0 saturated heterocycles. The van der Waals surface area contributed by atoms with Crippen LogP contribution < -0.4 is 18.9 Å². The zero-order chi connectivity index (χ0) is 70.3. The van der Waals surface area contributed by atoms with Crippen molar-refractivity contribution in [3.63, 3.8) is 0 Å². The summed E-state index contributed by atoms with van der Waals surface area (Å²) >= 11 is 0. The summed E-state index contributed by atoms with van der Waals surface area (Å²) in [6.07, 6.45) is 31.1. The van der Waals surface area contributed by atoms with Gasteiger partial charge in [-0.05, 0) is 125 Å². The Morgan fingerprint density at radius 2 is 0.619 bits per heavy atom. The Hall–Kier alpha value is -8.14. The number of hydrogen-bond acceptors (Lipinski definition) is 16. The van der Waals surface area contributed by atoms with Gasteiger partial charge in [-0.15, -0.1) is 0 Å². The Labute approximate surface area is 579 Å². The minimum absolute atomic E-state index is 0.0310. The first kappa shape index (κ1) is 81.3. The van der Waals surface area contributed by atoms with Crippen molar-refractivity contribution in [2.24, 2.45) is 0 Å². The quantitative estimate of drug-likeness (QED) is 0.0175. The Morgan fingerprint density at radius 1 is 0.320 bits per heavy atom. The molecule has 0 atom stereocenters. The molecule has 97 heavy (non-hydrogen) atoms. The van der Waals surface area contributed by atoms with Crippen LogP contribution in [0.4, 0.5) is 0 Å². The average Bonchev–Trinajstić information content (AvgIpc) is 0.796. The first-order valence-corrected chi connectivity index (χ1v) is 35.7. The summed E-state index contributed by atoms with van der Waals surface area (Å²) in [4.78, 5) is 73.0. The van der Waals surface area contributed by atoms with E-state index in [1.807, 2.05) is 6.07 Å². The molecule has 0 heterocycles. The smallest absolute Gasteiger partial charge is 0.331 e. The molecule has 4 rings (SSSR count). The second-order valence-corrected chi connectivity index (χ2v) is 24.4. The van der Waals surface area contributed by atoms with Crippen LogP contribution in [0.15, 0.2) is 104 Å². The van der Waals surface area contributed by atoms with Crippen LogP contribution >= 0.6 is 0 Å². The van der Waals surface area contributed by atoms with E-state index in [4.69, 9.17) is 37.9 Å². The minimum atomic E-state index is -0.674. The molecule has 0 N–H and O–H groups in total. The maximum atomic E-state index is 12.8. The van der Waals surface area contributed by atoms with Gasteiger partial charge in [-0.3, -0.25) is 0 Å². The Balaban J connectivity index is 2.04. The van der Waals surface area contributed by atoms with Crippen molar-refractivity contribution in [3.05, 3.63) is 165 Å². The molecular formula is C81H112O16. The summed E-state index contributed by atoms with van der Waals surface area (Å²) in [6, 6.07) is 20.2. The highest BCUT2D eigenvalue weighted by Crippen LogP contribution is 2.40. The van der Waals surface area contributed by atoms with Gasteiger partial charge in [0.1, 0.15) is 23.0 Å². The van der Waals surface area contributed by atoms with E-state index in [9.17, 15) is 28.8 Å². The number of aryl methyl sites for hydroxylation is 5. The molecule has 532 valence electrons. The van der Waals surface area contributed by atoms with Gasteiger partial charge in [0, 0.05) is 81.4 Å². The Bertz CT molecular complexity index is 3120. The minimum Gasteiger partial charge on any atom is -0.493 e. The lowest BCUT2D eigenvalue weighted by Gasteiger charge is -2.23. The van der Waals surface area contributed by atoms with Gasteiger partial charge in [0.15, 0.2) is 0 Å². The first-order chi connectivity index (χ1) is 47.2. The van der Waals surface area contributed by atoms with Crippen LogP contribution in [0.3, 0.4) is 0 Å². The normalized spacial score (nSPS) is 11.1. The molecular weight excluding hydrogens is 1230 g/mol. The highest BCUT2D eigenvalue weighted by atomic mass is 16.6. The molecule has 0 aliphatic carbocycles. The van der Waals surface area contributed by atoms with Crippen LogP contribution in [0.25, 0.3) is 0 Å². The van der Waals surface area contributed by atoms with Gasteiger partial charge in [-0.1, -0.05) is 173 Å². The van der Waals surface area contributed by atoms with Gasteiger partial charge >= 0.3 is 35.8 Å². The van der Waals surface area contributed by atoms with Gasteiger partial charge in [0.25, 0.3) is 0 Å². The topological polar surface area (TPSA) is 195 Å². The second kappa shape index (κ2) is 49.4. The zero-order valence-corrected chi connectivity index (χ0v) is 59.6. The molecule has 0 radical (unpaired) electrons. The number of hydrogen-bond donors (Lipinski definition) is 0. The maximum Gasteiger partial charge on any atom is 0.331 e.